The van der Waals surface area contributed by atoms with Crippen LogP contribution in [0.15, 0.2) is 36.4 Å². The minimum atomic E-state index is 0.697. The van der Waals surface area contributed by atoms with Crippen LogP contribution in [0.25, 0.3) is 29.6 Å². The molecule has 0 fully saturated rings. The molecule has 2 aromatic heterocycles. The van der Waals surface area contributed by atoms with Crippen LogP contribution >= 0.6 is 22.7 Å². The summed E-state index contributed by atoms with van der Waals surface area (Å²) < 4.78 is 4.80. The first-order valence-corrected chi connectivity index (χ1v) is 7.62. The molecule has 92 valence electrons. The molecule has 4 rings (SSSR count). The van der Waals surface area contributed by atoms with Crippen LogP contribution in [0.5, 0.6) is 0 Å². The topological polar surface area (TPSA) is 47.6 Å². The van der Waals surface area contributed by atoms with Crippen LogP contribution in [-0.4, -0.2) is 0 Å². The van der Waals surface area contributed by atoms with Gasteiger partial charge in [0, 0.05) is 20.2 Å². The summed E-state index contributed by atoms with van der Waals surface area (Å²) in [5, 5.41) is 20.4. The normalized spacial score (nSPS) is 10.9. The molecule has 0 aliphatic carbocycles. The second-order valence-corrected chi connectivity index (χ2v) is 6.61. The lowest BCUT2D eigenvalue weighted by molar-refractivity contribution is 1.50. The predicted octanol–water partition coefficient (Wildman–Crippen LogP) is 5.01. The van der Waals surface area contributed by atoms with Crippen molar-refractivity contribution in [3.05, 3.63) is 47.5 Å². The molecule has 0 radical (unpaired) electrons. The highest BCUT2D eigenvalue weighted by molar-refractivity contribution is 7.36. The Hall–Kier alpha value is -2.40. The average Bonchev–Trinajstić information content (AvgIpc) is 3.01. The van der Waals surface area contributed by atoms with Gasteiger partial charge in [0.25, 0.3) is 0 Å². The van der Waals surface area contributed by atoms with Crippen LogP contribution in [0, 0.1) is 22.7 Å². The molecule has 0 saturated heterocycles. The van der Waals surface area contributed by atoms with Crippen molar-refractivity contribution in [1.29, 1.82) is 10.5 Å². The molecule has 0 amide bonds. The number of thiophene rings is 2. The van der Waals surface area contributed by atoms with Crippen LogP contribution in [0.2, 0.25) is 0 Å². The predicted molar refractivity (Wildman–Crippen MR) is 84.1 cm³/mol. The first-order valence-electron chi connectivity index (χ1n) is 5.99. The van der Waals surface area contributed by atoms with Gasteiger partial charge in [0.2, 0.25) is 0 Å². The fourth-order valence-electron chi connectivity index (χ4n) is 2.40. The Labute approximate surface area is 122 Å². The molecule has 0 N–H and O–H groups in total. The summed E-state index contributed by atoms with van der Waals surface area (Å²) in [6.07, 6.45) is 0. The third-order valence-electron chi connectivity index (χ3n) is 3.34. The molecule has 20 heavy (non-hydrogen) atoms. The highest BCUT2D eigenvalue weighted by Gasteiger charge is 2.12. The first kappa shape index (κ1) is 11.4. The van der Waals surface area contributed by atoms with E-state index in [1.165, 1.54) is 20.2 Å². The van der Waals surface area contributed by atoms with Crippen molar-refractivity contribution in [1.82, 2.24) is 0 Å². The van der Waals surface area contributed by atoms with Gasteiger partial charge in [-0.2, -0.15) is 10.5 Å². The van der Waals surface area contributed by atoms with Crippen LogP contribution in [0.3, 0.4) is 0 Å². The van der Waals surface area contributed by atoms with Crippen molar-refractivity contribution in [3.8, 4) is 12.1 Å². The van der Waals surface area contributed by atoms with Gasteiger partial charge in [-0.1, -0.05) is 12.1 Å². The van der Waals surface area contributed by atoms with Crippen LogP contribution in [-0.2, 0) is 0 Å². The summed E-state index contributed by atoms with van der Waals surface area (Å²) in [6, 6.07) is 16.0. The number of rotatable bonds is 0. The molecular weight excluding hydrogens is 284 g/mol. The second kappa shape index (κ2) is 4.05. The Morgan fingerprint density at radius 3 is 1.55 bits per heavy atom. The maximum atomic E-state index is 8.98. The van der Waals surface area contributed by atoms with Gasteiger partial charge in [-0.25, -0.2) is 0 Å². The van der Waals surface area contributed by atoms with Gasteiger partial charge >= 0.3 is 0 Å². The van der Waals surface area contributed by atoms with Gasteiger partial charge in [-0.15, -0.1) is 22.7 Å². The number of hydrogen-bond donors (Lipinski definition) is 0. The molecule has 4 aromatic rings. The standard InChI is InChI=1S/C16H6N2S2/c17-7-9-1-3-11-13(5-9)19-16-12-4-2-10(8-18)6-14(12)20-15(11)16/h1-6H. The molecule has 0 spiro atoms. The molecule has 4 heteroatoms. The third-order valence-corrected chi connectivity index (χ3v) is 5.84. The van der Waals surface area contributed by atoms with Crippen molar-refractivity contribution < 1.29 is 0 Å². The van der Waals surface area contributed by atoms with E-state index >= 15 is 0 Å². The monoisotopic (exact) mass is 290 g/mol. The number of fused-ring (bicyclic) bond motifs is 5. The Kier molecular flexibility index (Phi) is 2.31. The fourth-order valence-corrected chi connectivity index (χ4v) is 5.13. The summed E-state index contributed by atoms with van der Waals surface area (Å²) >= 11 is 3.43. The largest absolute Gasteiger partial charge is 0.192 e. The van der Waals surface area contributed by atoms with Crippen molar-refractivity contribution >= 4 is 52.2 Å². The Morgan fingerprint density at radius 2 is 1.15 bits per heavy atom. The van der Waals surface area contributed by atoms with E-state index in [0.717, 1.165) is 9.40 Å². The highest BCUT2D eigenvalue weighted by Crippen LogP contribution is 2.44. The molecule has 0 aliphatic rings. The van der Waals surface area contributed by atoms with E-state index in [4.69, 9.17) is 10.5 Å². The number of nitrogens with zero attached hydrogens (tertiary/aromatic N) is 2. The maximum Gasteiger partial charge on any atom is 0.0992 e. The lowest BCUT2D eigenvalue weighted by Crippen LogP contribution is -1.71. The molecular formula is C16H6N2S2. The second-order valence-electron chi connectivity index (χ2n) is 4.51. The quantitative estimate of drug-likeness (QED) is 0.457. The maximum absolute atomic E-state index is 8.98. The summed E-state index contributed by atoms with van der Waals surface area (Å²) in [5.41, 5.74) is 1.39. The molecule has 0 aliphatic heterocycles. The smallest absolute Gasteiger partial charge is 0.0992 e. The third kappa shape index (κ3) is 1.47. The van der Waals surface area contributed by atoms with Gasteiger partial charge in [-0.05, 0) is 24.3 Å². The van der Waals surface area contributed by atoms with Gasteiger partial charge in [-0.3, -0.25) is 0 Å². The van der Waals surface area contributed by atoms with Crippen LogP contribution in [0.1, 0.15) is 11.1 Å². The van der Waals surface area contributed by atoms with Crippen LogP contribution in [0.4, 0.5) is 0 Å². The summed E-state index contributed by atoms with van der Waals surface area (Å²) in [7, 11) is 0. The molecule has 2 heterocycles. The summed E-state index contributed by atoms with van der Waals surface area (Å²) in [5.74, 6) is 0. The molecule has 0 unspecified atom stereocenters. The minimum Gasteiger partial charge on any atom is -0.192 e. The average molecular weight is 290 g/mol. The fraction of sp³-hybridized carbons (Fsp3) is 0. The Bertz CT molecular complexity index is 983. The van der Waals surface area contributed by atoms with E-state index in [9.17, 15) is 0 Å². The molecule has 0 bridgehead atoms. The zero-order chi connectivity index (χ0) is 13.7. The lowest BCUT2D eigenvalue weighted by Gasteiger charge is -1.91. The molecule has 2 nitrogen and oxygen atoms in total. The van der Waals surface area contributed by atoms with Gasteiger partial charge < -0.3 is 0 Å². The van der Waals surface area contributed by atoms with Gasteiger partial charge in [0.05, 0.1) is 32.7 Å². The lowest BCUT2D eigenvalue weighted by atomic mass is 10.1. The Morgan fingerprint density at radius 1 is 0.700 bits per heavy atom. The van der Waals surface area contributed by atoms with E-state index in [-0.39, 0.29) is 0 Å². The van der Waals surface area contributed by atoms with E-state index in [1.807, 2.05) is 36.4 Å². The van der Waals surface area contributed by atoms with Crippen molar-refractivity contribution in [3.63, 3.8) is 0 Å². The zero-order valence-corrected chi connectivity index (χ0v) is 11.8. The molecule has 2 aromatic carbocycles. The highest BCUT2D eigenvalue weighted by atomic mass is 32.1. The van der Waals surface area contributed by atoms with E-state index in [0.29, 0.717) is 11.1 Å². The van der Waals surface area contributed by atoms with Crippen molar-refractivity contribution in [2.45, 2.75) is 0 Å². The first-order chi connectivity index (χ1) is 9.80. The number of nitriles is 2. The van der Waals surface area contributed by atoms with E-state index < -0.39 is 0 Å². The Balaban J connectivity index is 2.15. The molecule has 0 atom stereocenters. The van der Waals surface area contributed by atoms with Crippen LogP contribution < -0.4 is 0 Å². The van der Waals surface area contributed by atoms with E-state index in [2.05, 4.69) is 12.1 Å². The summed E-state index contributed by atoms with van der Waals surface area (Å²) in [4.78, 5) is 0. The van der Waals surface area contributed by atoms with E-state index in [1.54, 1.807) is 22.7 Å². The number of benzene rings is 2. The van der Waals surface area contributed by atoms with Gasteiger partial charge in [0.15, 0.2) is 0 Å². The molecule has 0 saturated carbocycles. The number of hydrogen-bond acceptors (Lipinski definition) is 4. The van der Waals surface area contributed by atoms with Crippen molar-refractivity contribution in [2.75, 3.05) is 0 Å². The minimum absolute atomic E-state index is 0.697. The SMILES string of the molecule is N#Cc1ccc2c(c1)sc1c3ccc(C#N)cc3sc21. The zero-order valence-electron chi connectivity index (χ0n) is 10.2. The van der Waals surface area contributed by atoms with Crippen molar-refractivity contribution in [2.24, 2.45) is 0 Å². The summed E-state index contributed by atoms with van der Waals surface area (Å²) in [6.45, 7) is 0. The van der Waals surface area contributed by atoms with Gasteiger partial charge in [0.1, 0.15) is 0 Å².